The van der Waals surface area contributed by atoms with Crippen LogP contribution < -0.4 is 20.7 Å². The maximum atomic E-state index is 13.6. The summed E-state index contributed by atoms with van der Waals surface area (Å²) in [5.74, 6) is -0.600. The molecule has 10 heteroatoms. The van der Waals surface area contributed by atoms with Gasteiger partial charge in [-0.2, -0.15) is 0 Å². The van der Waals surface area contributed by atoms with Gasteiger partial charge in [0, 0.05) is 43.8 Å². The van der Waals surface area contributed by atoms with E-state index in [1.807, 2.05) is 43.3 Å². The van der Waals surface area contributed by atoms with E-state index >= 15 is 0 Å². The number of benzene rings is 4. The van der Waals surface area contributed by atoms with Crippen molar-refractivity contribution in [2.75, 3.05) is 17.7 Å². The lowest BCUT2D eigenvalue weighted by Gasteiger charge is -2.17. The lowest BCUT2D eigenvalue weighted by Crippen LogP contribution is -2.30. The van der Waals surface area contributed by atoms with Crippen molar-refractivity contribution < 1.29 is 19.1 Å². The quantitative estimate of drug-likeness (QED) is 0.0873. The van der Waals surface area contributed by atoms with Gasteiger partial charge in [-0.3, -0.25) is 14.4 Å². The average Bonchev–Trinajstić information content (AvgIpc) is 3.46. The first-order valence-corrected chi connectivity index (χ1v) is 15.5. The molecule has 8 nitrogen and oxygen atoms in total. The Kier molecular flexibility index (Phi) is 10.2. The molecule has 1 heterocycles. The maximum absolute atomic E-state index is 13.6. The van der Waals surface area contributed by atoms with Gasteiger partial charge in [0.2, 0.25) is 5.91 Å². The summed E-state index contributed by atoms with van der Waals surface area (Å²) < 4.78 is 5.35. The van der Waals surface area contributed by atoms with Crippen LogP contribution in [0.4, 0.5) is 11.4 Å². The molecule has 0 saturated heterocycles. The van der Waals surface area contributed by atoms with Gasteiger partial charge in [0.15, 0.2) is 0 Å². The third kappa shape index (κ3) is 7.94. The fraction of sp³-hybridized carbons (Fsp3) is 0.114. The zero-order valence-corrected chi connectivity index (χ0v) is 26.2. The van der Waals surface area contributed by atoms with Gasteiger partial charge < -0.3 is 25.7 Å². The molecule has 5 aromatic rings. The number of methoxy groups -OCH3 is 1. The standard InChI is InChI=1S/C35H31ClN4O4S/c1-3-32(35(43)39-29-19-24(36)16-17-31(29)44-2)45-26-13-9-12-25(20-26)38-34(42)30(40-33(41)22-10-5-4-6-11-22)18-23-21-37-28-15-8-7-14-27(23)28/h4-21,32,37H,3H2,1-2H3,(H,38,42)(H,39,43)(H,40,41)/b30-18-. The number of aromatic amines is 1. The number of aromatic nitrogens is 1. The van der Waals surface area contributed by atoms with Gasteiger partial charge in [-0.1, -0.05) is 61.0 Å². The zero-order chi connectivity index (χ0) is 31.8. The van der Waals surface area contributed by atoms with Crippen LogP contribution in [0.25, 0.3) is 17.0 Å². The molecule has 0 radical (unpaired) electrons. The van der Waals surface area contributed by atoms with E-state index in [4.69, 9.17) is 16.3 Å². The topological polar surface area (TPSA) is 112 Å². The molecule has 4 aromatic carbocycles. The first-order valence-electron chi connectivity index (χ1n) is 14.2. The highest BCUT2D eigenvalue weighted by atomic mass is 35.5. The molecule has 45 heavy (non-hydrogen) atoms. The number of fused-ring (bicyclic) bond motifs is 1. The van der Waals surface area contributed by atoms with Crippen molar-refractivity contribution in [3.63, 3.8) is 0 Å². The smallest absolute Gasteiger partial charge is 0.272 e. The number of hydrogen-bond acceptors (Lipinski definition) is 5. The number of amides is 3. The SMILES string of the molecule is CCC(Sc1cccc(NC(=O)/C(=C/c2c[nH]c3ccccc23)NC(=O)c2ccccc2)c1)C(=O)Nc1cc(Cl)ccc1OC. The summed E-state index contributed by atoms with van der Waals surface area (Å²) in [5, 5.41) is 9.56. The van der Waals surface area contributed by atoms with Gasteiger partial charge in [0.05, 0.1) is 18.0 Å². The van der Waals surface area contributed by atoms with Crippen molar-refractivity contribution in [1.29, 1.82) is 0 Å². The lowest BCUT2D eigenvalue weighted by atomic mass is 10.1. The number of ether oxygens (including phenoxy) is 1. The Labute approximate surface area is 270 Å². The maximum Gasteiger partial charge on any atom is 0.272 e. The molecule has 0 saturated carbocycles. The molecular weight excluding hydrogens is 608 g/mol. The molecule has 1 aromatic heterocycles. The van der Waals surface area contributed by atoms with Crippen LogP contribution in [0.3, 0.4) is 0 Å². The molecule has 4 N–H and O–H groups in total. The van der Waals surface area contributed by atoms with Gasteiger partial charge >= 0.3 is 0 Å². The van der Waals surface area contributed by atoms with Crippen LogP contribution in [0, 0.1) is 0 Å². The Bertz CT molecular complexity index is 1870. The molecule has 0 aliphatic carbocycles. The zero-order valence-electron chi connectivity index (χ0n) is 24.6. The second-order valence-electron chi connectivity index (χ2n) is 10.00. The highest BCUT2D eigenvalue weighted by Crippen LogP contribution is 2.32. The average molecular weight is 639 g/mol. The lowest BCUT2D eigenvalue weighted by molar-refractivity contribution is -0.116. The first-order chi connectivity index (χ1) is 21.8. The van der Waals surface area contributed by atoms with Gasteiger partial charge in [-0.15, -0.1) is 11.8 Å². The molecule has 0 fully saturated rings. The van der Waals surface area contributed by atoms with Crippen molar-refractivity contribution in [3.8, 4) is 5.75 Å². The highest BCUT2D eigenvalue weighted by Gasteiger charge is 2.21. The highest BCUT2D eigenvalue weighted by molar-refractivity contribution is 8.00. The second kappa shape index (κ2) is 14.7. The van der Waals surface area contributed by atoms with E-state index in [9.17, 15) is 14.4 Å². The van der Waals surface area contributed by atoms with Gasteiger partial charge in [-0.05, 0) is 67.1 Å². The number of thioether (sulfide) groups is 1. The van der Waals surface area contributed by atoms with E-state index in [0.717, 1.165) is 21.4 Å². The predicted molar refractivity (Wildman–Crippen MR) is 182 cm³/mol. The van der Waals surface area contributed by atoms with Crippen LogP contribution in [0.5, 0.6) is 5.75 Å². The summed E-state index contributed by atoms with van der Waals surface area (Å²) in [6.45, 7) is 1.93. The van der Waals surface area contributed by atoms with Crippen LogP contribution in [0.15, 0.2) is 114 Å². The van der Waals surface area contributed by atoms with E-state index < -0.39 is 17.1 Å². The summed E-state index contributed by atoms with van der Waals surface area (Å²) in [6, 6.07) is 28.7. The fourth-order valence-electron chi connectivity index (χ4n) is 4.63. The molecule has 0 aliphatic rings. The van der Waals surface area contributed by atoms with Gasteiger partial charge in [-0.25, -0.2) is 0 Å². The van der Waals surface area contributed by atoms with Crippen molar-refractivity contribution in [2.45, 2.75) is 23.5 Å². The van der Waals surface area contributed by atoms with Crippen LogP contribution in [-0.4, -0.2) is 35.1 Å². The van der Waals surface area contributed by atoms with Crippen LogP contribution in [0.1, 0.15) is 29.3 Å². The van der Waals surface area contributed by atoms with E-state index in [1.54, 1.807) is 72.9 Å². The van der Waals surface area contributed by atoms with Gasteiger partial charge in [0.25, 0.3) is 11.8 Å². The van der Waals surface area contributed by atoms with E-state index in [-0.39, 0.29) is 11.6 Å². The molecule has 0 aliphatic heterocycles. The number of anilines is 2. The molecule has 5 rings (SSSR count). The summed E-state index contributed by atoms with van der Waals surface area (Å²) in [5.41, 5.74) is 3.16. The Balaban J connectivity index is 1.35. The number of para-hydroxylation sites is 1. The number of carbonyl (C=O) groups is 3. The minimum Gasteiger partial charge on any atom is -0.495 e. The van der Waals surface area contributed by atoms with Crippen LogP contribution >= 0.6 is 23.4 Å². The normalized spacial score (nSPS) is 11.9. The third-order valence-corrected chi connectivity index (χ3v) is 8.50. The fourth-order valence-corrected chi connectivity index (χ4v) is 5.82. The van der Waals surface area contributed by atoms with Crippen molar-refractivity contribution in [2.24, 2.45) is 0 Å². The minimum absolute atomic E-state index is 0.0768. The van der Waals surface area contributed by atoms with Crippen LogP contribution in [-0.2, 0) is 9.59 Å². The number of rotatable bonds is 11. The molecule has 0 spiro atoms. The molecule has 1 atom stereocenters. The monoisotopic (exact) mass is 638 g/mol. The van der Waals surface area contributed by atoms with Crippen LogP contribution in [0.2, 0.25) is 5.02 Å². The number of H-pyrrole nitrogens is 1. The van der Waals surface area contributed by atoms with Crippen molar-refractivity contribution >= 4 is 69.4 Å². The summed E-state index contributed by atoms with van der Waals surface area (Å²) >= 11 is 7.50. The summed E-state index contributed by atoms with van der Waals surface area (Å²) in [7, 11) is 1.53. The number of halogens is 1. The summed E-state index contributed by atoms with van der Waals surface area (Å²) in [4.78, 5) is 43.9. The van der Waals surface area contributed by atoms with Crippen molar-refractivity contribution in [1.82, 2.24) is 10.3 Å². The Morgan fingerprint density at radius 2 is 1.71 bits per heavy atom. The Hall–Kier alpha value is -4.99. The largest absolute Gasteiger partial charge is 0.495 e. The summed E-state index contributed by atoms with van der Waals surface area (Å²) in [6.07, 6.45) is 3.99. The second-order valence-corrected chi connectivity index (χ2v) is 11.7. The molecule has 3 amide bonds. The van der Waals surface area contributed by atoms with E-state index in [2.05, 4.69) is 20.9 Å². The predicted octanol–water partition coefficient (Wildman–Crippen LogP) is 7.75. The minimum atomic E-state index is -0.496. The third-order valence-electron chi connectivity index (χ3n) is 6.90. The Morgan fingerprint density at radius 1 is 0.933 bits per heavy atom. The Morgan fingerprint density at radius 3 is 2.49 bits per heavy atom. The molecule has 228 valence electrons. The first kappa shape index (κ1) is 31.4. The van der Waals surface area contributed by atoms with Gasteiger partial charge in [0.1, 0.15) is 11.4 Å². The number of nitrogens with one attached hydrogen (secondary N) is 4. The molecular formula is C35H31ClN4O4S. The number of carbonyl (C=O) groups excluding carboxylic acids is 3. The molecule has 0 bridgehead atoms. The van der Waals surface area contributed by atoms with E-state index in [1.165, 1.54) is 18.9 Å². The van der Waals surface area contributed by atoms with E-state index in [0.29, 0.717) is 34.1 Å². The molecule has 1 unspecified atom stereocenters. The van der Waals surface area contributed by atoms with Crippen molar-refractivity contribution in [3.05, 3.63) is 125 Å². The number of hydrogen-bond donors (Lipinski definition) is 4.